The third kappa shape index (κ3) is 2.67. The first-order valence-electron chi connectivity index (χ1n) is 8.01. The summed E-state index contributed by atoms with van der Waals surface area (Å²) in [5.41, 5.74) is 1.55. The van der Waals surface area contributed by atoms with Gasteiger partial charge in [0, 0.05) is 26.0 Å². The topological polar surface area (TPSA) is 62.2 Å². The van der Waals surface area contributed by atoms with Gasteiger partial charge in [-0.1, -0.05) is 12.1 Å². The molecule has 0 unspecified atom stereocenters. The fourth-order valence-corrected chi connectivity index (χ4v) is 3.13. The lowest BCUT2D eigenvalue weighted by atomic mass is 10.2. The Kier molecular flexibility index (Phi) is 3.76. The molecule has 1 aromatic carbocycles. The number of halogens is 1. The van der Waals surface area contributed by atoms with Gasteiger partial charge in [-0.2, -0.15) is 0 Å². The number of hydrogen-bond donors (Lipinski definition) is 0. The summed E-state index contributed by atoms with van der Waals surface area (Å²) >= 11 is 0. The van der Waals surface area contributed by atoms with E-state index in [-0.39, 0.29) is 11.9 Å². The molecule has 25 heavy (non-hydrogen) atoms. The van der Waals surface area contributed by atoms with Gasteiger partial charge in [-0.15, -0.1) is 0 Å². The van der Waals surface area contributed by atoms with Crippen molar-refractivity contribution < 1.29 is 9.18 Å². The van der Waals surface area contributed by atoms with Crippen LogP contribution in [0.3, 0.4) is 0 Å². The lowest BCUT2D eigenvalue weighted by Crippen LogP contribution is -2.40. The predicted octanol–water partition coefficient (Wildman–Crippen LogP) is 2.41. The molecule has 3 aromatic rings. The van der Waals surface area contributed by atoms with Crippen molar-refractivity contribution >= 4 is 28.6 Å². The number of benzene rings is 1. The van der Waals surface area contributed by atoms with E-state index in [2.05, 4.69) is 15.0 Å². The van der Waals surface area contributed by atoms with Crippen molar-refractivity contribution in [3.8, 4) is 0 Å². The van der Waals surface area contributed by atoms with E-state index < -0.39 is 5.82 Å². The fraction of sp³-hybridized carbons (Fsp3) is 0.222. The summed E-state index contributed by atoms with van der Waals surface area (Å²) < 4.78 is 14.0. The Hall–Kier alpha value is -3.09. The summed E-state index contributed by atoms with van der Waals surface area (Å²) in [6.45, 7) is 0.474. The van der Waals surface area contributed by atoms with Crippen LogP contribution in [0.15, 0.2) is 48.8 Å². The van der Waals surface area contributed by atoms with Crippen molar-refractivity contribution in [3.63, 3.8) is 0 Å². The molecule has 1 fully saturated rings. The van der Waals surface area contributed by atoms with Crippen LogP contribution in [0, 0.1) is 5.82 Å². The summed E-state index contributed by atoms with van der Waals surface area (Å²) in [4.78, 5) is 29.0. The van der Waals surface area contributed by atoms with Crippen LogP contribution < -0.4 is 9.80 Å². The van der Waals surface area contributed by atoms with E-state index in [1.165, 1.54) is 11.0 Å². The third-order valence-corrected chi connectivity index (χ3v) is 4.47. The molecule has 0 bridgehead atoms. The highest BCUT2D eigenvalue weighted by molar-refractivity contribution is 6.01. The normalized spacial score (nSPS) is 17.3. The second-order valence-corrected chi connectivity index (χ2v) is 5.93. The molecule has 4 rings (SSSR count). The number of likely N-dealkylation sites (N-methyl/N-ethyl adjacent to an activating group) is 1. The lowest BCUT2D eigenvalue weighted by molar-refractivity contribution is -0.118. The first kappa shape index (κ1) is 15.4. The maximum atomic E-state index is 14.0. The number of carbonyl (C=O) groups excluding carboxylic acids is 1. The number of rotatable bonds is 3. The molecule has 0 radical (unpaired) electrons. The molecule has 7 heteroatoms. The highest BCUT2D eigenvalue weighted by Crippen LogP contribution is 2.28. The van der Waals surface area contributed by atoms with Crippen LogP contribution in [-0.4, -0.2) is 40.5 Å². The minimum absolute atomic E-state index is 0.131. The second-order valence-electron chi connectivity index (χ2n) is 5.93. The van der Waals surface area contributed by atoms with E-state index in [4.69, 9.17) is 0 Å². The summed E-state index contributed by atoms with van der Waals surface area (Å²) in [6, 6.07) is 9.59. The molecule has 6 nitrogen and oxygen atoms in total. The first-order chi connectivity index (χ1) is 12.1. The number of pyridine rings is 1. The van der Waals surface area contributed by atoms with Crippen LogP contribution in [0.25, 0.3) is 11.2 Å². The number of hydrogen-bond acceptors (Lipinski definition) is 5. The van der Waals surface area contributed by atoms with Gasteiger partial charge in [0.1, 0.15) is 23.2 Å². The summed E-state index contributed by atoms with van der Waals surface area (Å²) in [6.07, 6.45) is 3.80. The number of para-hydroxylation sites is 1. The second kappa shape index (κ2) is 6.08. The quantitative estimate of drug-likeness (QED) is 0.734. The Morgan fingerprint density at radius 2 is 1.96 bits per heavy atom. The van der Waals surface area contributed by atoms with Gasteiger partial charge in [0.05, 0.1) is 5.69 Å². The highest BCUT2D eigenvalue weighted by atomic mass is 19.1. The molecule has 3 heterocycles. The maximum absolute atomic E-state index is 14.0. The molecule has 0 spiro atoms. The van der Waals surface area contributed by atoms with E-state index in [0.29, 0.717) is 35.6 Å². The Labute approximate surface area is 143 Å². The van der Waals surface area contributed by atoms with Gasteiger partial charge in [-0.05, 0) is 30.7 Å². The van der Waals surface area contributed by atoms with Crippen LogP contribution in [0.2, 0.25) is 0 Å². The molecule has 1 amide bonds. The van der Waals surface area contributed by atoms with E-state index >= 15 is 0 Å². The van der Waals surface area contributed by atoms with Gasteiger partial charge in [0.2, 0.25) is 5.91 Å². The molecule has 0 N–H and O–H groups in total. The average Bonchev–Trinajstić information content (AvgIpc) is 3.02. The molecule has 1 saturated heterocycles. The number of fused-ring (bicyclic) bond motifs is 1. The number of anilines is 2. The lowest BCUT2D eigenvalue weighted by Gasteiger charge is -2.25. The van der Waals surface area contributed by atoms with Crippen molar-refractivity contribution in [3.05, 3.63) is 54.6 Å². The van der Waals surface area contributed by atoms with E-state index in [9.17, 15) is 9.18 Å². The van der Waals surface area contributed by atoms with Gasteiger partial charge in [-0.3, -0.25) is 9.78 Å². The number of aromatic nitrogens is 3. The Bertz CT molecular complexity index is 947. The average molecular weight is 337 g/mol. The molecule has 126 valence electrons. The van der Waals surface area contributed by atoms with Crippen LogP contribution >= 0.6 is 0 Å². The van der Waals surface area contributed by atoms with Crippen LogP contribution in [-0.2, 0) is 4.79 Å². The zero-order valence-corrected chi connectivity index (χ0v) is 13.6. The smallest absolute Gasteiger partial charge is 0.249 e. The number of nitrogens with zero attached hydrogens (tertiary/aromatic N) is 5. The van der Waals surface area contributed by atoms with E-state index in [1.807, 2.05) is 24.1 Å². The van der Waals surface area contributed by atoms with Gasteiger partial charge < -0.3 is 9.80 Å². The Morgan fingerprint density at radius 3 is 2.80 bits per heavy atom. The highest BCUT2D eigenvalue weighted by Gasteiger charge is 2.36. The predicted molar refractivity (Wildman–Crippen MR) is 92.9 cm³/mol. The van der Waals surface area contributed by atoms with Crippen molar-refractivity contribution in [2.75, 3.05) is 23.4 Å². The standard InChI is InChI=1S/C18H16FN5O/c1-23(16-7-6-13-17(22-16)21-10-9-20-13)15-8-11-24(18(15)25)14-5-3-2-4-12(14)19/h2-7,9-10,15H,8,11H2,1H3/t15-/m0/s1. The van der Waals surface area contributed by atoms with E-state index in [1.54, 1.807) is 30.6 Å². The molecule has 1 atom stereocenters. The Morgan fingerprint density at radius 1 is 1.16 bits per heavy atom. The third-order valence-electron chi connectivity index (χ3n) is 4.47. The maximum Gasteiger partial charge on any atom is 0.249 e. The molecule has 1 aliphatic rings. The van der Waals surface area contributed by atoms with Crippen molar-refractivity contribution in [2.45, 2.75) is 12.5 Å². The monoisotopic (exact) mass is 337 g/mol. The van der Waals surface area contributed by atoms with Crippen LogP contribution in [0.5, 0.6) is 0 Å². The number of carbonyl (C=O) groups is 1. The summed E-state index contributed by atoms with van der Waals surface area (Å²) in [7, 11) is 1.82. The van der Waals surface area contributed by atoms with E-state index in [0.717, 1.165) is 0 Å². The van der Waals surface area contributed by atoms with Gasteiger partial charge in [-0.25, -0.2) is 14.4 Å². The minimum atomic E-state index is -0.391. The molecule has 1 aliphatic heterocycles. The van der Waals surface area contributed by atoms with Gasteiger partial charge in [0.25, 0.3) is 0 Å². The summed E-state index contributed by atoms with van der Waals surface area (Å²) in [5, 5.41) is 0. The summed E-state index contributed by atoms with van der Waals surface area (Å²) in [5.74, 6) is 0.119. The Balaban J connectivity index is 1.61. The molecular formula is C18H16FN5O. The van der Waals surface area contributed by atoms with Crippen molar-refractivity contribution in [2.24, 2.45) is 0 Å². The van der Waals surface area contributed by atoms with Gasteiger partial charge in [0.15, 0.2) is 5.65 Å². The molecule has 0 saturated carbocycles. The fourth-order valence-electron chi connectivity index (χ4n) is 3.13. The van der Waals surface area contributed by atoms with Crippen molar-refractivity contribution in [1.29, 1.82) is 0 Å². The zero-order valence-electron chi connectivity index (χ0n) is 13.6. The number of amides is 1. The van der Waals surface area contributed by atoms with Crippen molar-refractivity contribution in [1.82, 2.24) is 15.0 Å². The van der Waals surface area contributed by atoms with Crippen LogP contribution in [0.4, 0.5) is 15.9 Å². The largest absolute Gasteiger partial charge is 0.347 e. The van der Waals surface area contributed by atoms with Gasteiger partial charge >= 0.3 is 0 Å². The zero-order chi connectivity index (χ0) is 17.4. The van der Waals surface area contributed by atoms with Crippen LogP contribution in [0.1, 0.15) is 6.42 Å². The molecule has 2 aromatic heterocycles. The molecule has 0 aliphatic carbocycles. The minimum Gasteiger partial charge on any atom is -0.347 e. The molecular weight excluding hydrogens is 321 g/mol. The first-order valence-corrected chi connectivity index (χ1v) is 8.01. The SMILES string of the molecule is CN(c1ccc2nccnc2n1)[C@H]1CCN(c2ccccc2F)C1=O.